The van der Waals surface area contributed by atoms with Gasteiger partial charge in [-0.25, -0.2) is 4.98 Å². The zero-order valence-corrected chi connectivity index (χ0v) is 11.7. The average Bonchev–Trinajstić information content (AvgIpc) is 3.04. The van der Waals surface area contributed by atoms with E-state index in [1.54, 1.807) is 17.5 Å². The van der Waals surface area contributed by atoms with Crippen molar-refractivity contribution in [3.8, 4) is 0 Å². The van der Waals surface area contributed by atoms with Crippen LogP contribution in [-0.4, -0.2) is 38.5 Å². The topological polar surface area (TPSA) is 71.3 Å². The van der Waals surface area contributed by atoms with Gasteiger partial charge in [0.05, 0.1) is 17.9 Å². The Morgan fingerprint density at radius 2 is 2.23 bits per heavy atom. The fourth-order valence-corrected chi connectivity index (χ4v) is 2.59. The van der Waals surface area contributed by atoms with Gasteiger partial charge in [0.15, 0.2) is 5.65 Å². The van der Waals surface area contributed by atoms with Crippen molar-refractivity contribution >= 4 is 17.4 Å². The van der Waals surface area contributed by atoms with Gasteiger partial charge >= 0.3 is 6.18 Å². The minimum Gasteiger partial charge on any atom is -0.309 e. The van der Waals surface area contributed by atoms with Crippen molar-refractivity contribution in [2.75, 3.05) is 5.32 Å². The molecule has 1 aliphatic rings. The lowest BCUT2D eigenvalue weighted by atomic mass is 10.2. The number of alkyl halides is 3. The number of hydrogen-bond donors (Lipinski definition) is 2. The lowest BCUT2D eigenvalue weighted by Crippen LogP contribution is -2.45. The molecule has 0 spiro atoms. The lowest BCUT2D eigenvalue weighted by Gasteiger charge is -2.17. The summed E-state index contributed by atoms with van der Waals surface area (Å²) >= 11 is 0. The molecule has 118 valence electrons. The van der Waals surface area contributed by atoms with Gasteiger partial charge in [0, 0.05) is 12.4 Å². The molecule has 1 saturated heterocycles. The molecule has 0 saturated carbocycles. The van der Waals surface area contributed by atoms with Gasteiger partial charge in [0.25, 0.3) is 0 Å². The number of anilines is 1. The van der Waals surface area contributed by atoms with Crippen LogP contribution in [0.2, 0.25) is 0 Å². The Bertz CT molecular complexity index is 711. The van der Waals surface area contributed by atoms with Gasteiger partial charge in [-0.2, -0.15) is 13.2 Å². The van der Waals surface area contributed by atoms with Crippen molar-refractivity contribution in [2.24, 2.45) is 0 Å². The van der Waals surface area contributed by atoms with E-state index in [2.05, 4.69) is 20.6 Å². The summed E-state index contributed by atoms with van der Waals surface area (Å²) < 4.78 is 39.5. The second kappa shape index (κ2) is 5.24. The van der Waals surface area contributed by atoms with E-state index in [9.17, 15) is 18.0 Å². The molecule has 3 heterocycles. The Morgan fingerprint density at radius 1 is 1.45 bits per heavy atom. The van der Waals surface area contributed by atoms with Crippen LogP contribution < -0.4 is 10.6 Å². The maximum absolute atomic E-state index is 12.6. The number of rotatable bonds is 2. The second-order valence-electron chi connectivity index (χ2n) is 5.23. The zero-order valence-electron chi connectivity index (χ0n) is 11.7. The van der Waals surface area contributed by atoms with Crippen LogP contribution in [0.4, 0.5) is 19.0 Å². The lowest BCUT2D eigenvalue weighted by molar-refractivity contribution is -0.152. The largest absolute Gasteiger partial charge is 0.403 e. The number of carbonyl (C=O) groups excluding carboxylic acids is 1. The average molecular weight is 313 g/mol. The molecule has 2 N–H and O–H groups in total. The predicted octanol–water partition coefficient (Wildman–Crippen LogP) is 1.66. The first-order valence-corrected chi connectivity index (χ1v) is 6.78. The molecule has 2 atom stereocenters. The van der Waals surface area contributed by atoms with Crippen molar-refractivity contribution < 1.29 is 18.0 Å². The van der Waals surface area contributed by atoms with Crippen molar-refractivity contribution in [3.63, 3.8) is 0 Å². The molecule has 3 rings (SSSR count). The maximum Gasteiger partial charge on any atom is 0.403 e. The highest BCUT2D eigenvalue weighted by Crippen LogP contribution is 2.29. The summed E-state index contributed by atoms with van der Waals surface area (Å²) in [7, 11) is 0. The SMILES string of the molecule is Cc1nc2cnccn2c1NC(=O)[C@@H]1CC[C@H](C(F)(F)F)N1. The predicted molar refractivity (Wildman–Crippen MR) is 72.4 cm³/mol. The molecule has 6 nitrogen and oxygen atoms in total. The number of carbonyl (C=O) groups is 1. The molecule has 2 aromatic heterocycles. The Labute approximate surface area is 123 Å². The third kappa shape index (κ3) is 2.63. The van der Waals surface area contributed by atoms with E-state index in [0.29, 0.717) is 17.2 Å². The summed E-state index contributed by atoms with van der Waals surface area (Å²) in [5, 5.41) is 4.98. The van der Waals surface area contributed by atoms with E-state index in [1.807, 2.05) is 0 Å². The van der Waals surface area contributed by atoms with Gasteiger partial charge in [-0.15, -0.1) is 0 Å². The molecule has 22 heavy (non-hydrogen) atoms. The molecule has 2 aromatic rings. The van der Waals surface area contributed by atoms with Gasteiger partial charge in [-0.3, -0.25) is 19.5 Å². The molecule has 0 radical (unpaired) electrons. The van der Waals surface area contributed by atoms with Crippen LogP contribution >= 0.6 is 0 Å². The van der Waals surface area contributed by atoms with Crippen LogP contribution in [0.3, 0.4) is 0 Å². The fourth-order valence-electron chi connectivity index (χ4n) is 2.59. The smallest absolute Gasteiger partial charge is 0.309 e. The highest BCUT2D eigenvalue weighted by molar-refractivity contribution is 5.95. The van der Waals surface area contributed by atoms with Crippen molar-refractivity contribution in [2.45, 2.75) is 38.0 Å². The highest BCUT2D eigenvalue weighted by Gasteiger charge is 2.45. The van der Waals surface area contributed by atoms with Crippen LogP contribution in [0.5, 0.6) is 0 Å². The number of aromatic nitrogens is 3. The first-order chi connectivity index (χ1) is 10.4. The van der Waals surface area contributed by atoms with Gasteiger partial charge in [-0.1, -0.05) is 0 Å². The van der Waals surface area contributed by atoms with E-state index < -0.39 is 24.2 Å². The van der Waals surface area contributed by atoms with Crippen LogP contribution in [0.1, 0.15) is 18.5 Å². The molecule has 0 aromatic carbocycles. The summed E-state index contributed by atoms with van der Waals surface area (Å²) in [5.74, 6) is -0.0480. The van der Waals surface area contributed by atoms with E-state index in [4.69, 9.17) is 0 Å². The minimum atomic E-state index is -4.33. The number of nitrogens with zero attached hydrogens (tertiary/aromatic N) is 3. The van der Waals surface area contributed by atoms with E-state index >= 15 is 0 Å². The van der Waals surface area contributed by atoms with Crippen molar-refractivity contribution in [3.05, 3.63) is 24.3 Å². The van der Waals surface area contributed by atoms with Gasteiger partial charge in [-0.05, 0) is 19.8 Å². The number of imidazole rings is 1. The third-order valence-electron chi connectivity index (χ3n) is 3.70. The van der Waals surface area contributed by atoms with Crippen LogP contribution in [0, 0.1) is 6.92 Å². The second-order valence-corrected chi connectivity index (χ2v) is 5.23. The Hall–Kier alpha value is -2.16. The number of nitrogens with one attached hydrogen (secondary N) is 2. The molecule has 1 aliphatic heterocycles. The van der Waals surface area contributed by atoms with Crippen LogP contribution in [0.15, 0.2) is 18.6 Å². The Morgan fingerprint density at radius 3 is 2.91 bits per heavy atom. The van der Waals surface area contributed by atoms with Crippen molar-refractivity contribution in [1.29, 1.82) is 0 Å². The monoisotopic (exact) mass is 313 g/mol. The molecule has 1 amide bonds. The van der Waals surface area contributed by atoms with Gasteiger partial charge in [0.1, 0.15) is 11.9 Å². The fraction of sp³-hybridized carbons (Fsp3) is 0.462. The Kier molecular flexibility index (Phi) is 3.51. The number of amides is 1. The first kappa shape index (κ1) is 14.8. The van der Waals surface area contributed by atoms with Crippen LogP contribution in [0.25, 0.3) is 5.65 Å². The molecule has 0 unspecified atom stereocenters. The molecular weight excluding hydrogens is 299 g/mol. The third-order valence-corrected chi connectivity index (χ3v) is 3.70. The molecule has 0 aliphatic carbocycles. The van der Waals surface area contributed by atoms with Crippen LogP contribution in [-0.2, 0) is 4.79 Å². The quantitative estimate of drug-likeness (QED) is 0.884. The van der Waals surface area contributed by atoms with Gasteiger partial charge in [0.2, 0.25) is 5.91 Å². The van der Waals surface area contributed by atoms with E-state index in [1.165, 1.54) is 12.4 Å². The summed E-state index contributed by atoms with van der Waals surface area (Å²) in [4.78, 5) is 20.3. The van der Waals surface area contributed by atoms with Gasteiger partial charge < -0.3 is 5.32 Å². The number of aryl methyl sites for hydroxylation is 1. The molecule has 9 heteroatoms. The number of fused-ring (bicyclic) bond motifs is 1. The molecule has 1 fully saturated rings. The number of halogens is 3. The van der Waals surface area contributed by atoms with E-state index in [-0.39, 0.29) is 12.8 Å². The Balaban J connectivity index is 1.76. The molecule has 0 bridgehead atoms. The standard InChI is InChI=1S/C13H14F3N5O/c1-7-11(21-5-4-17-6-10(21)18-7)20-12(22)8-2-3-9(19-8)13(14,15)16/h4-6,8-9,19H,2-3H2,1H3,(H,20,22)/t8-,9+/m0/s1. The summed E-state index contributed by atoms with van der Waals surface area (Å²) in [6, 6.07) is -2.49. The maximum atomic E-state index is 12.6. The minimum absolute atomic E-state index is 0.0996. The normalized spacial score (nSPS) is 22.2. The number of hydrogen-bond acceptors (Lipinski definition) is 4. The summed E-state index contributed by atoms with van der Waals surface area (Å²) in [6.07, 6.45) is 0.421. The first-order valence-electron chi connectivity index (χ1n) is 6.78. The zero-order chi connectivity index (χ0) is 15.9. The summed E-state index contributed by atoms with van der Waals surface area (Å²) in [5.41, 5.74) is 1.13. The van der Waals surface area contributed by atoms with Crippen molar-refractivity contribution in [1.82, 2.24) is 19.7 Å². The highest BCUT2D eigenvalue weighted by atomic mass is 19.4. The molecular formula is C13H14F3N5O. The van der Waals surface area contributed by atoms with E-state index in [0.717, 1.165) is 0 Å². The summed E-state index contributed by atoms with van der Waals surface area (Å²) in [6.45, 7) is 1.71.